The minimum atomic E-state index is -0.198. The van der Waals surface area contributed by atoms with Crippen LogP contribution in [0.15, 0.2) is 71.3 Å². The van der Waals surface area contributed by atoms with Crippen molar-refractivity contribution in [1.29, 1.82) is 0 Å². The Kier molecular flexibility index (Phi) is 6.84. The second kappa shape index (κ2) is 9.94. The third-order valence-corrected chi connectivity index (χ3v) is 5.48. The monoisotopic (exact) mass is 481 g/mol. The van der Waals surface area contributed by atoms with Crippen molar-refractivity contribution >= 4 is 27.7 Å². The third kappa shape index (κ3) is 5.62. The fraction of sp³-hybridized carbons (Fsp3) is 0.250. The Morgan fingerprint density at radius 2 is 2.10 bits per heavy atom. The van der Waals surface area contributed by atoms with E-state index in [2.05, 4.69) is 38.1 Å². The Hall–Kier alpha value is -2.90. The average molecular weight is 482 g/mol. The highest BCUT2D eigenvalue weighted by Crippen LogP contribution is 2.27. The Labute approximate surface area is 190 Å². The maximum Gasteiger partial charge on any atom is 0.255 e. The SMILES string of the molecule is CC1CN(c2ccc(CNC(=O)c3ccccc3Oc3cccc(Br)c3)cn2)CCO1. The van der Waals surface area contributed by atoms with Gasteiger partial charge in [0.25, 0.3) is 5.91 Å². The van der Waals surface area contributed by atoms with Crippen molar-refractivity contribution < 1.29 is 14.3 Å². The highest BCUT2D eigenvalue weighted by Gasteiger charge is 2.18. The van der Waals surface area contributed by atoms with Crippen molar-refractivity contribution in [2.45, 2.75) is 19.6 Å². The summed E-state index contributed by atoms with van der Waals surface area (Å²) in [6.45, 7) is 4.83. The van der Waals surface area contributed by atoms with E-state index in [1.54, 1.807) is 18.3 Å². The highest BCUT2D eigenvalue weighted by molar-refractivity contribution is 9.10. The number of para-hydroxylation sites is 1. The van der Waals surface area contributed by atoms with Crippen LogP contribution in [0.3, 0.4) is 0 Å². The Bertz CT molecular complexity index is 1040. The molecule has 4 rings (SSSR count). The first kappa shape index (κ1) is 21.3. The quantitative estimate of drug-likeness (QED) is 0.548. The molecule has 2 heterocycles. The first-order chi connectivity index (χ1) is 15.1. The molecule has 2 aromatic carbocycles. The zero-order chi connectivity index (χ0) is 21.6. The summed E-state index contributed by atoms with van der Waals surface area (Å²) in [5.41, 5.74) is 1.41. The minimum Gasteiger partial charge on any atom is -0.456 e. The van der Waals surface area contributed by atoms with Gasteiger partial charge in [-0.05, 0) is 48.9 Å². The standard InChI is InChI=1S/C24H24BrN3O3/c1-17-16-28(11-12-30-17)23-10-9-18(14-26-23)15-27-24(29)21-7-2-3-8-22(21)31-20-6-4-5-19(25)13-20/h2-10,13-14,17H,11-12,15-16H2,1H3,(H,27,29). The van der Waals surface area contributed by atoms with Gasteiger partial charge in [-0.2, -0.15) is 0 Å². The molecule has 31 heavy (non-hydrogen) atoms. The lowest BCUT2D eigenvalue weighted by molar-refractivity contribution is 0.0529. The molecule has 1 N–H and O–H groups in total. The number of nitrogens with one attached hydrogen (secondary N) is 1. The van der Waals surface area contributed by atoms with E-state index >= 15 is 0 Å². The van der Waals surface area contributed by atoms with Crippen molar-refractivity contribution in [3.63, 3.8) is 0 Å². The molecule has 1 fully saturated rings. The summed E-state index contributed by atoms with van der Waals surface area (Å²) in [5.74, 6) is 1.90. The molecule has 1 saturated heterocycles. The Morgan fingerprint density at radius 3 is 2.87 bits per heavy atom. The highest BCUT2D eigenvalue weighted by atomic mass is 79.9. The molecule has 0 spiro atoms. The van der Waals surface area contributed by atoms with Gasteiger partial charge < -0.3 is 19.7 Å². The lowest BCUT2D eigenvalue weighted by Crippen LogP contribution is -2.41. The smallest absolute Gasteiger partial charge is 0.255 e. The van der Waals surface area contributed by atoms with Gasteiger partial charge in [0.1, 0.15) is 17.3 Å². The predicted octanol–water partition coefficient (Wildman–Crippen LogP) is 4.79. The fourth-order valence-corrected chi connectivity index (χ4v) is 3.79. The summed E-state index contributed by atoms with van der Waals surface area (Å²) in [4.78, 5) is 19.6. The van der Waals surface area contributed by atoms with Crippen molar-refractivity contribution in [3.8, 4) is 11.5 Å². The van der Waals surface area contributed by atoms with Gasteiger partial charge in [-0.25, -0.2) is 4.98 Å². The molecule has 1 aromatic heterocycles. The molecule has 1 amide bonds. The molecule has 1 unspecified atom stereocenters. The van der Waals surface area contributed by atoms with Gasteiger partial charge in [0.15, 0.2) is 0 Å². The van der Waals surface area contributed by atoms with Gasteiger partial charge >= 0.3 is 0 Å². The number of anilines is 1. The van der Waals surface area contributed by atoms with Crippen LogP contribution in [0.5, 0.6) is 11.5 Å². The van der Waals surface area contributed by atoms with E-state index < -0.39 is 0 Å². The third-order valence-electron chi connectivity index (χ3n) is 4.98. The van der Waals surface area contributed by atoms with E-state index in [9.17, 15) is 4.79 Å². The number of carbonyl (C=O) groups is 1. The number of hydrogen-bond acceptors (Lipinski definition) is 5. The van der Waals surface area contributed by atoms with Gasteiger partial charge in [-0.3, -0.25) is 4.79 Å². The Morgan fingerprint density at radius 1 is 1.23 bits per heavy atom. The zero-order valence-electron chi connectivity index (χ0n) is 17.3. The number of hydrogen-bond donors (Lipinski definition) is 1. The molecule has 0 saturated carbocycles. The van der Waals surface area contributed by atoms with Crippen LogP contribution in [0, 0.1) is 0 Å². The Balaban J connectivity index is 1.39. The predicted molar refractivity (Wildman–Crippen MR) is 124 cm³/mol. The fourth-order valence-electron chi connectivity index (χ4n) is 3.41. The van der Waals surface area contributed by atoms with Crippen molar-refractivity contribution in [2.24, 2.45) is 0 Å². The number of pyridine rings is 1. The van der Waals surface area contributed by atoms with Crippen LogP contribution >= 0.6 is 15.9 Å². The van der Waals surface area contributed by atoms with Gasteiger partial charge in [-0.1, -0.05) is 40.2 Å². The molecular formula is C24H24BrN3O3. The number of morpholine rings is 1. The molecule has 0 aliphatic carbocycles. The molecule has 1 aliphatic heterocycles. The largest absolute Gasteiger partial charge is 0.456 e. The van der Waals surface area contributed by atoms with Crippen LogP contribution in [0.4, 0.5) is 5.82 Å². The summed E-state index contributed by atoms with van der Waals surface area (Å²) >= 11 is 3.43. The normalized spacial score (nSPS) is 16.1. The number of rotatable bonds is 6. The molecular weight excluding hydrogens is 458 g/mol. The van der Waals surface area contributed by atoms with Crippen molar-refractivity contribution in [2.75, 3.05) is 24.6 Å². The molecule has 6 nitrogen and oxygen atoms in total. The molecule has 0 bridgehead atoms. The lowest BCUT2D eigenvalue weighted by Gasteiger charge is -2.32. The van der Waals surface area contributed by atoms with Crippen LogP contribution in [-0.4, -0.2) is 36.7 Å². The van der Waals surface area contributed by atoms with Gasteiger partial charge in [0.05, 0.1) is 18.3 Å². The van der Waals surface area contributed by atoms with Crippen LogP contribution in [0.2, 0.25) is 0 Å². The number of amides is 1. The summed E-state index contributed by atoms with van der Waals surface area (Å²) in [5, 5.41) is 2.96. The van der Waals surface area contributed by atoms with E-state index in [-0.39, 0.29) is 12.0 Å². The van der Waals surface area contributed by atoms with E-state index in [1.807, 2.05) is 48.5 Å². The number of ether oxygens (including phenoxy) is 2. The van der Waals surface area contributed by atoms with Gasteiger partial charge in [-0.15, -0.1) is 0 Å². The number of nitrogens with zero attached hydrogens (tertiary/aromatic N) is 2. The summed E-state index contributed by atoms with van der Waals surface area (Å²) < 4.78 is 12.4. The molecule has 3 aromatic rings. The maximum absolute atomic E-state index is 12.8. The van der Waals surface area contributed by atoms with E-state index in [0.717, 1.165) is 28.9 Å². The minimum absolute atomic E-state index is 0.198. The number of benzene rings is 2. The van der Waals surface area contributed by atoms with E-state index in [1.165, 1.54) is 0 Å². The van der Waals surface area contributed by atoms with Crippen LogP contribution in [0.25, 0.3) is 0 Å². The van der Waals surface area contributed by atoms with Gasteiger partial charge in [0, 0.05) is 30.3 Å². The van der Waals surface area contributed by atoms with E-state index in [0.29, 0.717) is 30.2 Å². The molecule has 7 heteroatoms. The second-order valence-corrected chi connectivity index (χ2v) is 8.31. The van der Waals surface area contributed by atoms with Crippen molar-refractivity contribution in [1.82, 2.24) is 10.3 Å². The topological polar surface area (TPSA) is 63.7 Å². The molecule has 1 atom stereocenters. The summed E-state index contributed by atoms with van der Waals surface area (Å²) in [7, 11) is 0. The van der Waals surface area contributed by atoms with E-state index in [4.69, 9.17) is 9.47 Å². The first-order valence-electron chi connectivity index (χ1n) is 10.2. The van der Waals surface area contributed by atoms with Crippen molar-refractivity contribution in [3.05, 3.63) is 82.5 Å². The number of halogens is 1. The summed E-state index contributed by atoms with van der Waals surface area (Å²) in [6, 6.07) is 18.7. The maximum atomic E-state index is 12.8. The number of carbonyl (C=O) groups excluding carboxylic acids is 1. The van der Waals surface area contributed by atoms with Gasteiger partial charge in [0.2, 0.25) is 0 Å². The second-order valence-electron chi connectivity index (χ2n) is 7.39. The molecule has 1 aliphatic rings. The van der Waals surface area contributed by atoms with Crippen LogP contribution < -0.4 is 15.0 Å². The van der Waals surface area contributed by atoms with Crippen LogP contribution in [0.1, 0.15) is 22.8 Å². The average Bonchev–Trinajstić information content (AvgIpc) is 2.78. The van der Waals surface area contributed by atoms with Crippen LogP contribution in [-0.2, 0) is 11.3 Å². The summed E-state index contributed by atoms with van der Waals surface area (Å²) in [6.07, 6.45) is 2.01. The lowest BCUT2D eigenvalue weighted by atomic mass is 10.1. The molecule has 0 radical (unpaired) electrons. The molecule has 160 valence electrons. The first-order valence-corrected chi connectivity index (χ1v) is 11.0. The number of aromatic nitrogens is 1. The zero-order valence-corrected chi connectivity index (χ0v) is 18.8.